The Kier molecular flexibility index (Phi) is 11.7. The minimum absolute atomic E-state index is 0.0687. The molecule has 0 heterocycles. The van der Waals surface area contributed by atoms with Gasteiger partial charge in [-0.3, -0.25) is 19.8 Å². The highest BCUT2D eigenvalue weighted by Crippen LogP contribution is 2.17. The number of hydrogen-bond acceptors (Lipinski definition) is 8. The van der Waals surface area contributed by atoms with Gasteiger partial charge in [-0.15, -0.1) is 0 Å². The van der Waals surface area contributed by atoms with E-state index in [2.05, 4.69) is 15.6 Å². The molecule has 2 rings (SSSR count). The Hall–Kier alpha value is -3.44. The van der Waals surface area contributed by atoms with Crippen molar-refractivity contribution >= 4 is 28.3 Å². The van der Waals surface area contributed by atoms with E-state index in [0.717, 1.165) is 11.1 Å². The minimum atomic E-state index is -3.78. The van der Waals surface area contributed by atoms with Gasteiger partial charge in [0.1, 0.15) is 11.2 Å². The molecule has 0 radical (unpaired) electrons. The number of nitrogens with one attached hydrogen (secondary N) is 2. The highest BCUT2D eigenvalue weighted by molar-refractivity contribution is 7.86. The molecule has 0 unspecified atom stereocenters. The number of aliphatic imine (C=N–C) groups is 1. The van der Waals surface area contributed by atoms with Crippen LogP contribution >= 0.6 is 0 Å². The SMILES string of the molecule is Cc1ccccc1S(=O)(=O)OCCCc1ccc(CCN=C(NC(=O)OC(C)(C)C)NC(=O)OC(C)(C)C)cc1. The molecule has 40 heavy (non-hydrogen) atoms. The second-order valence-electron chi connectivity index (χ2n) is 11.2. The van der Waals surface area contributed by atoms with Crippen LogP contribution in [-0.2, 0) is 36.6 Å². The number of aryl methyl sites for hydroxylation is 2. The molecule has 0 saturated heterocycles. The van der Waals surface area contributed by atoms with Crippen molar-refractivity contribution < 1.29 is 31.7 Å². The van der Waals surface area contributed by atoms with Gasteiger partial charge in [0.15, 0.2) is 0 Å². The number of benzene rings is 2. The number of ether oxygens (including phenoxy) is 2. The summed E-state index contributed by atoms with van der Waals surface area (Å²) in [4.78, 5) is 28.9. The van der Waals surface area contributed by atoms with Crippen LogP contribution in [-0.4, -0.2) is 50.9 Å². The monoisotopic (exact) mass is 575 g/mol. The normalized spacial score (nSPS) is 11.9. The van der Waals surface area contributed by atoms with Crippen LogP contribution in [0.4, 0.5) is 9.59 Å². The Morgan fingerprint density at radius 2 is 1.30 bits per heavy atom. The largest absolute Gasteiger partial charge is 0.444 e. The summed E-state index contributed by atoms with van der Waals surface area (Å²) in [5.41, 5.74) is 1.26. The van der Waals surface area contributed by atoms with Gasteiger partial charge in [0.25, 0.3) is 10.1 Å². The van der Waals surface area contributed by atoms with E-state index in [1.165, 1.54) is 6.07 Å². The van der Waals surface area contributed by atoms with E-state index < -0.39 is 33.5 Å². The molecule has 10 nitrogen and oxygen atoms in total. The lowest BCUT2D eigenvalue weighted by atomic mass is 10.1. The Morgan fingerprint density at radius 1 is 0.800 bits per heavy atom. The number of rotatable bonds is 9. The van der Waals surface area contributed by atoms with Gasteiger partial charge < -0.3 is 9.47 Å². The van der Waals surface area contributed by atoms with Gasteiger partial charge in [-0.2, -0.15) is 8.42 Å². The molecule has 0 atom stereocenters. The second-order valence-corrected chi connectivity index (χ2v) is 12.8. The Balaban J connectivity index is 1.90. The van der Waals surface area contributed by atoms with Gasteiger partial charge in [0, 0.05) is 6.54 Å². The number of alkyl carbamates (subject to hydrolysis) is 2. The number of nitrogens with zero attached hydrogens (tertiary/aromatic N) is 1. The Labute approximate surface area is 237 Å². The average molecular weight is 576 g/mol. The average Bonchev–Trinajstić information content (AvgIpc) is 2.80. The molecule has 2 amide bonds. The summed E-state index contributed by atoms with van der Waals surface area (Å²) in [6.45, 7) is 12.5. The summed E-state index contributed by atoms with van der Waals surface area (Å²) in [7, 11) is -3.78. The van der Waals surface area contributed by atoms with Crippen LogP contribution in [0.25, 0.3) is 0 Å². The van der Waals surface area contributed by atoms with Gasteiger partial charge >= 0.3 is 12.2 Å². The Bertz CT molecular complexity index is 1240. The molecule has 11 heteroatoms. The van der Waals surface area contributed by atoms with E-state index in [1.807, 2.05) is 24.3 Å². The maximum atomic E-state index is 12.4. The number of guanidine groups is 1. The smallest absolute Gasteiger partial charge is 0.414 e. The van der Waals surface area contributed by atoms with Crippen LogP contribution in [0.3, 0.4) is 0 Å². The molecule has 2 aromatic carbocycles. The molecule has 0 aliphatic carbocycles. The van der Waals surface area contributed by atoms with Crippen molar-refractivity contribution in [1.82, 2.24) is 10.6 Å². The summed E-state index contributed by atoms with van der Waals surface area (Å²) < 4.78 is 40.5. The summed E-state index contributed by atoms with van der Waals surface area (Å²) in [6, 6.07) is 14.6. The van der Waals surface area contributed by atoms with Crippen molar-refractivity contribution in [2.45, 2.75) is 83.8 Å². The first kappa shape index (κ1) is 32.8. The predicted molar refractivity (Wildman–Crippen MR) is 154 cm³/mol. The van der Waals surface area contributed by atoms with Crippen LogP contribution < -0.4 is 10.6 Å². The molecule has 0 aromatic heterocycles. The summed E-state index contributed by atoms with van der Waals surface area (Å²) in [5, 5.41) is 4.92. The third-order valence-corrected chi connectivity index (χ3v) is 6.62. The van der Waals surface area contributed by atoms with Gasteiger partial charge in [-0.25, -0.2) is 9.59 Å². The molecule has 0 saturated carbocycles. The second kappa shape index (κ2) is 14.3. The quantitative estimate of drug-likeness (QED) is 0.180. The molecule has 220 valence electrons. The van der Waals surface area contributed by atoms with Crippen molar-refractivity contribution in [3.05, 3.63) is 65.2 Å². The molecular formula is C29H41N3O7S. The van der Waals surface area contributed by atoms with Crippen LogP contribution in [0, 0.1) is 6.92 Å². The first-order valence-corrected chi connectivity index (χ1v) is 14.5. The first-order valence-electron chi connectivity index (χ1n) is 13.1. The lowest BCUT2D eigenvalue weighted by molar-refractivity contribution is 0.0545. The summed E-state index contributed by atoms with van der Waals surface area (Å²) >= 11 is 0. The molecular weight excluding hydrogens is 534 g/mol. The van der Waals surface area contributed by atoms with E-state index in [4.69, 9.17) is 13.7 Å². The van der Waals surface area contributed by atoms with E-state index in [-0.39, 0.29) is 24.0 Å². The fourth-order valence-electron chi connectivity index (χ4n) is 3.43. The van der Waals surface area contributed by atoms with Gasteiger partial charge in [0.2, 0.25) is 5.96 Å². The zero-order valence-electron chi connectivity index (χ0n) is 24.4. The van der Waals surface area contributed by atoms with E-state index in [1.54, 1.807) is 66.7 Å². The Morgan fingerprint density at radius 3 is 1.80 bits per heavy atom. The van der Waals surface area contributed by atoms with Crippen LogP contribution in [0.5, 0.6) is 0 Å². The zero-order valence-corrected chi connectivity index (χ0v) is 25.2. The number of carbonyl (C=O) groups excluding carboxylic acids is 2. The summed E-state index contributed by atoms with van der Waals surface area (Å²) in [6.07, 6.45) is 0.258. The fraction of sp³-hybridized carbons (Fsp3) is 0.483. The van der Waals surface area contributed by atoms with Crippen molar-refractivity contribution in [3.63, 3.8) is 0 Å². The van der Waals surface area contributed by atoms with E-state index in [0.29, 0.717) is 24.8 Å². The third kappa shape index (κ3) is 12.6. The number of hydrogen-bond donors (Lipinski definition) is 2. The van der Waals surface area contributed by atoms with Crippen LogP contribution in [0.2, 0.25) is 0 Å². The van der Waals surface area contributed by atoms with Gasteiger partial charge in [0.05, 0.1) is 11.5 Å². The lowest BCUT2D eigenvalue weighted by Crippen LogP contribution is -2.47. The van der Waals surface area contributed by atoms with Gasteiger partial charge in [-0.1, -0.05) is 42.5 Å². The topological polar surface area (TPSA) is 132 Å². The van der Waals surface area contributed by atoms with Crippen LogP contribution in [0.1, 0.15) is 64.7 Å². The molecule has 0 aliphatic heterocycles. The molecule has 0 spiro atoms. The van der Waals surface area contributed by atoms with E-state index in [9.17, 15) is 18.0 Å². The molecule has 0 aliphatic rings. The third-order valence-electron chi connectivity index (χ3n) is 5.14. The summed E-state index contributed by atoms with van der Waals surface area (Å²) in [5.74, 6) is -0.0687. The van der Waals surface area contributed by atoms with Crippen molar-refractivity contribution in [3.8, 4) is 0 Å². The zero-order chi connectivity index (χ0) is 30.0. The number of carbonyl (C=O) groups is 2. The van der Waals surface area contributed by atoms with Crippen molar-refractivity contribution in [2.75, 3.05) is 13.2 Å². The highest BCUT2D eigenvalue weighted by Gasteiger charge is 2.21. The highest BCUT2D eigenvalue weighted by atomic mass is 32.2. The molecule has 2 N–H and O–H groups in total. The van der Waals surface area contributed by atoms with Crippen molar-refractivity contribution in [2.24, 2.45) is 4.99 Å². The van der Waals surface area contributed by atoms with E-state index >= 15 is 0 Å². The van der Waals surface area contributed by atoms with Gasteiger partial charge in [-0.05, 0) is 90.5 Å². The molecule has 2 aromatic rings. The van der Waals surface area contributed by atoms with Crippen molar-refractivity contribution in [1.29, 1.82) is 0 Å². The maximum absolute atomic E-state index is 12.4. The lowest BCUT2D eigenvalue weighted by Gasteiger charge is -2.22. The maximum Gasteiger partial charge on any atom is 0.414 e. The number of amides is 2. The minimum Gasteiger partial charge on any atom is -0.444 e. The predicted octanol–water partition coefficient (Wildman–Crippen LogP) is 5.28. The molecule has 0 fully saturated rings. The molecule has 0 bridgehead atoms. The standard InChI is InChI=1S/C29H41N3O7S/c1-21-11-8-9-13-24(21)40(35,36)37-20-10-12-22-14-16-23(17-15-22)18-19-30-25(31-26(33)38-28(2,3)4)32-27(34)39-29(5,6)7/h8-9,11,13-17H,10,12,18-20H2,1-7H3,(H2,30,31,32,33,34). The van der Waals surface area contributed by atoms with Crippen LogP contribution in [0.15, 0.2) is 58.4 Å². The first-order chi connectivity index (χ1) is 18.5. The fourth-order valence-corrected chi connectivity index (χ4v) is 4.60.